The Hall–Kier alpha value is -2.61. The first kappa shape index (κ1) is 15.8. The van der Waals surface area contributed by atoms with E-state index in [1.54, 1.807) is 0 Å². The van der Waals surface area contributed by atoms with Crippen molar-refractivity contribution in [2.45, 2.75) is 6.61 Å². The highest BCUT2D eigenvalue weighted by molar-refractivity contribution is 6.32. The Balaban J connectivity index is 2.26. The Morgan fingerprint density at radius 1 is 1.23 bits per heavy atom. The second-order valence-electron chi connectivity index (χ2n) is 4.54. The van der Waals surface area contributed by atoms with Crippen molar-refractivity contribution in [3.05, 3.63) is 65.9 Å². The summed E-state index contributed by atoms with van der Waals surface area (Å²) in [5.74, 6) is 0.223. The number of rotatable bonds is 4. The van der Waals surface area contributed by atoms with E-state index in [-0.39, 0.29) is 23.1 Å². The standard InChI is InChI=1S/C13H12ClN3O5/c1-15-9(6-12(18)16(2)13(15)19)7-22-11-4-3-8(17(20)21)5-10(11)14/h3-6H,7H2,1-2H3. The topological polar surface area (TPSA) is 96.4 Å². The lowest BCUT2D eigenvalue weighted by Gasteiger charge is -2.11. The number of benzene rings is 1. The van der Waals surface area contributed by atoms with Crippen molar-refractivity contribution >= 4 is 17.3 Å². The van der Waals surface area contributed by atoms with Crippen LogP contribution in [0.15, 0.2) is 33.9 Å². The van der Waals surface area contributed by atoms with E-state index in [1.807, 2.05) is 0 Å². The lowest BCUT2D eigenvalue weighted by Crippen LogP contribution is -2.38. The first-order valence-electron chi connectivity index (χ1n) is 6.14. The van der Waals surface area contributed by atoms with Gasteiger partial charge in [0.2, 0.25) is 0 Å². The molecule has 0 N–H and O–H groups in total. The van der Waals surface area contributed by atoms with Gasteiger partial charge in [-0.05, 0) is 6.07 Å². The van der Waals surface area contributed by atoms with Gasteiger partial charge in [-0.25, -0.2) is 4.79 Å². The molecule has 0 atom stereocenters. The van der Waals surface area contributed by atoms with Crippen LogP contribution in [-0.2, 0) is 20.7 Å². The molecule has 116 valence electrons. The van der Waals surface area contributed by atoms with Crippen molar-refractivity contribution in [3.8, 4) is 5.75 Å². The summed E-state index contributed by atoms with van der Waals surface area (Å²) in [6.45, 7) is -0.0701. The predicted molar refractivity (Wildman–Crippen MR) is 79.4 cm³/mol. The van der Waals surface area contributed by atoms with Crippen LogP contribution >= 0.6 is 11.6 Å². The van der Waals surface area contributed by atoms with E-state index in [2.05, 4.69) is 0 Å². The minimum absolute atomic E-state index is 0.0701. The number of hydrogen-bond acceptors (Lipinski definition) is 5. The molecule has 1 aromatic heterocycles. The summed E-state index contributed by atoms with van der Waals surface area (Å²) in [5, 5.41) is 10.7. The van der Waals surface area contributed by atoms with Crippen molar-refractivity contribution in [1.82, 2.24) is 9.13 Å². The molecule has 2 aromatic rings. The third-order valence-corrected chi connectivity index (χ3v) is 3.42. The number of ether oxygens (including phenoxy) is 1. The Morgan fingerprint density at radius 2 is 1.91 bits per heavy atom. The van der Waals surface area contributed by atoms with Crippen molar-refractivity contribution in [2.24, 2.45) is 14.1 Å². The average molecular weight is 326 g/mol. The summed E-state index contributed by atoms with van der Waals surface area (Å²) in [6, 6.07) is 5.06. The van der Waals surface area contributed by atoms with Crippen LogP contribution < -0.4 is 16.0 Å². The molecule has 0 saturated carbocycles. The lowest BCUT2D eigenvalue weighted by atomic mass is 10.3. The van der Waals surface area contributed by atoms with Crippen LogP contribution in [0.5, 0.6) is 5.75 Å². The number of aromatic nitrogens is 2. The summed E-state index contributed by atoms with van der Waals surface area (Å²) < 4.78 is 7.68. The fourth-order valence-corrected chi connectivity index (χ4v) is 2.02. The highest BCUT2D eigenvalue weighted by Gasteiger charge is 2.12. The maximum Gasteiger partial charge on any atom is 0.330 e. The molecule has 0 aliphatic heterocycles. The zero-order valence-electron chi connectivity index (χ0n) is 11.8. The third-order valence-electron chi connectivity index (χ3n) is 3.13. The zero-order chi connectivity index (χ0) is 16.4. The highest BCUT2D eigenvalue weighted by Crippen LogP contribution is 2.29. The Labute approximate surface area is 129 Å². The largest absolute Gasteiger partial charge is 0.486 e. The van der Waals surface area contributed by atoms with Gasteiger partial charge in [-0.15, -0.1) is 0 Å². The number of hydrogen-bond donors (Lipinski definition) is 0. The van der Waals surface area contributed by atoms with Gasteiger partial charge in [0.1, 0.15) is 12.4 Å². The smallest absolute Gasteiger partial charge is 0.330 e. The molecule has 0 spiro atoms. The van der Waals surface area contributed by atoms with Gasteiger partial charge in [-0.2, -0.15) is 0 Å². The SMILES string of the molecule is Cn1c(COc2ccc([N+](=O)[O-])cc2Cl)cc(=O)n(C)c1=O. The fourth-order valence-electron chi connectivity index (χ4n) is 1.79. The number of nitro groups is 1. The molecule has 9 heteroatoms. The molecule has 8 nitrogen and oxygen atoms in total. The van der Waals surface area contributed by atoms with Gasteiger partial charge in [0.25, 0.3) is 11.2 Å². The van der Waals surface area contributed by atoms with Gasteiger partial charge >= 0.3 is 5.69 Å². The first-order chi connectivity index (χ1) is 10.3. The van der Waals surface area contributed by atoms with E-state index < -0.39 is 16.2 Å². The van der Waals surface area contributed by atoms with E-state index in [0.29, 0.717) is 5.69 Å². The van der Waals surface area contributed by atoms with E-state index in [1.165, 1.54) is 42.9 Å². The van der Waals surface area contributed by atoms with Crippen LogP contribution in [0.4, 0.5) is 5.69 Å². The van der Waals surface area contributed by atoms with Gasteiger partial charge < -0.3 is 4.74 Å². The zero-order valence-corrected chi connectivity index (χ0v) is 12.5. The molecule has 0 radical (unpaired) electrons. The van der Waals surface area contributed by atoms with Crippen LogP contribution in [0, 0.1) is 10.1 Å². The number of non-ortho nitro benzene ring substituents is 1. The molecule has 22 heavy (non-hydrogen) atoms. The second-order valence-corrected chi connectivity index (χ2v) is 4.94. The van der Waals surface area contributed by atoms with Crippen molar-refractivity contribution in [2.75, 3.05) is 0 Å². The highest BCUT2D eigenvalue weighted by atomic mass is 35.5. The summed E-state index contributed by atoms with van der Waals surface area (Å²) >= 11 is 5.90. The predicted octanol–water partition coefficient (Wildman–Crippen LogP) is 1.22. The summed E-state index contributed by atoms with van der Waals surface area (Å²) in [7, 11) is 2.89. The monoisotopic (exact) mass is 325 g/mol. The third kappa shape index (κ3) is 3.01. The molecule has 0 saturated heterocycles. The first-order valence-corrected chi connectivity index (χ1v) is 6.51. The molecular formula is C13H12ClN3O5. The van der Waals surface area contributed by atoms with Crippen LogP contribution in [0.2, 0.25) is 5.02 Å². The molecule has 0 bridgehead atoms. The van der Waals surface area contributed by atoms with Gasteiger partial charge in [-0.1, -0.05) is 11.6 Å². The van der Waals surface area contributed by atoms with E-state index in [0.717, 1.165) is 4.57 Å². The maximum absolute atomic E-state index is 11.8. The van der Waals surface area contributed by atoms with Crippen LogP contribution in [0.1, 0.15) is 5.69 Å². The van der Waals surface area contributed by atoms with Gasteiger partial charge in [0.15, 0.2) is 0 Å². The quantitative estimate of drug-likeness (QED) is 0.622. The van der Waals surface area contributed by atoms with Crippen LogP contribution in [0.3, 0.4) is 0 Å². The average Bonchev–Trinajstić information content (AvgIpc) is 2.48. The molecule has 0 aliphatic carbocycles. The minimum Gasteiger partial charge on any atom is -0.486 e. The van der Waals surface area contributed by atoms with Gasteiger partial charge in [-0.3, -0.25) is 24.0 Å². The van der Waals surface area contributed by atoms with Crippen LogP contribution in [-0.4, -0.2) is 14.1 Å². The Morgan fingerprint density at radius 3 is 2.50 bits per heavy atom. The Kier molecular flexibility index (Phi) is 4.32. The van der Waals surface area contributed by atoms with Gasteiger partial charge in [0.05, 0.1) is 15.6 Å². The van der Waals surface area contributed by atoms with E-state index >= 15 is 0 Å². The number of nitro benzene ring substituents is 1. The molecule has 1 aromatic carbocycles. The lowest BCUT2D eigenvalue weighted by molar-refractivity contribution is -0.384. The summed E-state index contributed by atoms with van der Waals surface area (Å²) in [4.78, 5) is 33.4. The summed E-state index contributed by atoms with van der Waals surface area (Å²) in [6.07, 6.45) is 0. The van der Waals surface area contributed by atoms with E-state index in [4.69, 9.17) is 16.3 Å². The molecule has 0 unspecified atom stereocenters. The maximum atomic E-state index is 11.8. The van der Waals surface area contributed by atoms with E-state index in [9.17, 15) is 19.7 Å². The normalized spacial score (nSPS) is 10.5. The molecule has 1 heterocycles. The van der Waals surface area contributed by atoms with Crippen molar-refractivity contribution in [3.63, 3.8) is 0 Å². The minimum atomic E-state index is -0.569. The molecule has 2 rings (SSSR count). The number of nitrogens with zero attached hydrogens (tertiary/aromatic N) is 3. The van der Waals surface area contributed by atoms with Crippen molar-refractivity contribution < 1.29 is 9.66 Å². The Bertz CT molecular complexity index is 856. The fraction of sp³-hybridized carbons (Fsp3) is 0.231. The number of halogens is 1. The molecule has 0 fully saturated rings. The molecular weight excluding hydrogens is 314 g/mol. The second kappa shape index (κ2) is 6.02. The van der Waals surface area contributed by atoms with Gasteiger partial charge in [0, 0.05) is 32.3 Å². The molecule has 0 amide bonds. The van der Waals surface area contributed by atoms with Crippen molar-refractivity contribution in [1.29, 1.82) is 0 Å². The van der Waals surface area contributed by atoms with Crippen LogP contribution in [0.25, 0.3) is 0 Å². The molecule has 0 aliphatic rings. The summed E-state index contributed by atoms with van der Waals surface area (Å²) in [5.41, 5.74) is -0.710.